The third-order valence-electron chi connectivity index (χ3n) is 5.62. The lowest BCUT2D eigenvalue weighted by atomic mass is 9.94. The smallest absolute Gasteiger partial charge is 0.130 e. The standard InChI is InChI=1S/C28H35NO2/c1-8-22-11-10-12-23(9-2)28(22)25-16-27(31-18(3)4)24(21(7)29-25)17-30-26-15-19(5)13-14-20(26)6/h10-16,18H,8-9,17H2,1-7H3. The van der Waals surface area contributed by atoms with Gasteiger partial charge in [-0.3, -0.25) is 4.98 Å². The number of nitrogens with zero attached hydrogens (tertiary/aromatic N) is 1. The molecule has 0 bridgehead atoms. The maximum absolute atomic E-state index is 6.26. The topological polar surface area (TPSA) is 31.4 Å². The van der Waals surface area contributed by atoms with Crippen molar-refractivity contribution < 1.29 is 9.47 Å². The third-order valence-corrected chi connectivity index (χ3v) is 5.62. The van der Waals surface area contributed by atoms with Crippen molar-refractivity contribution in [1.29, 1.82) is 0 Å². The molecule has 0 aliphatic rings. The fourth-order valence-electron chi connectivity index (χ4n) is 3.92. The summed E-state index contributed by atoms with van der Waals surface area (Å²) in [7, 11) is 0. The van der Waals surface area contributed by atoms with Gasteiger partial charge in [0.2, 0.25) is 0 Å². The molecule has 0 spiro atoms. The summed E-state index contributed by atoms with van der Waals surface area (Å²) in [5.41, 5.74) is 9.14. The Kier molecular flexibility index (Phi) is 7.37. The van der Waals surface area contributed by atoms with Crippen LogP contribution in [0.25, 0.3) is 11.3 Å². The molecular weight excluding hydrogens is 382 g/mol. The predicted octanol–water partition coefficient (Wildman–Crippen LogP) is 7.16. The van der Waals surface area contributed by atoms with Crippen molar-refractivity contribution in [3.8, 4) is 22.8 Å². The van der Waals surface area contributed by atoms with Crippen LogP contribution in [0.2, 0.25) is 0 Å². The van der Waals surface area contributed by atoms with E-state index in [2.05, 4.69) is 90.9 Å². The van der Waals surface area contributed by atoms with E-state index < -0.39 is 0 Å². The van der Waals surface area contributed by atoms with Gasteiger partial charge in [-0.25, -0.2) is 0 Å². The Morgan fingerprint density at radius 1 is 0.871 bits per heavy atom. The fraction of sp³-hybridized carbons (Fsp3) is 0.393. The molecule has 1 heterocycles. The van der Waals surface area contributed by atoms with Crippen molar-refractivity contribution >= 4 is 0 Å². The normalized spacial score (nSPS) is 11.1. The zero-order valence-corrected chi connectivity index (χ0v) is 20.0. The zero-order valence-electron chi connectivity index (χ0n) is 20.0. The summed E-state index contributed by atoms with van der Waals surface area (Å²) in [6.07, 6.45) is 2.02. The largest absolute Gasteiger partial charge is 0.490 e. The van der Waals surface area contributed by atoms with Crippen molar-refractivity contribution in [2.45, 2.75) is 74.0 Å². The Labute approximate surface area is 187 Å². The first-order valence-corrected chi connectivity index (χ1v) is 11.3. The second kappa shape index (κ2) is 10.00. The van der Waals surface area contributed by atoms with Crippen LogP contribution in [0.3, 0.4) is 0 Å². The molecule has 0 atom stereocenters. The summed E-state index contributed by atoms with van der Waals surface area (Å²) in [6.45, 7) is 15.1. The quantitative estimate of drug-likeness (QED) is 0.389. The summed E-state index contributed by atoms with van der Waals surface area (Å²) in [5.74, 6) is 1.76. The highest BCUT2D eigenvalue weighted by atomic mass is 16.5. The van der Waals surface area contributed by atoms with Crippen LogP contribution < -0.4 is 9.47 Å². The van der Waals surface area contributed by atoms with E-state index in [1.54, 1.807) is 0 Å². The van der Waals surface area contributed by atoms with Gasteiger partial charge >= 0.3 is 0 Å². The molecule has 2 aromatic carbocycles. The average molecular weight is 418 g/mol. The Morgan fingerprint density at radius 3 is 2.16 bits per heavy atom. The molecule has 0 N–H and O–H groups in total. The summed E-state index contributed by atoms with van der Waals surface area (Å²) >= 11 is 0. The first-order chi connectivity index (χ1) is 14.8. The van der Waals surface area contributed by atoms with Crippen LogP contribution in [-0.4, -0.2) is 11.1 Å². The van der Waals surface area contributed by atoms with Gasteiger partial charge in [0.05, 0.1) is 17.4 Å². The number of aromatic nitrogens is 1. The first-order valence-electron chi connectivity index (χ1n) is 11.3. The van der Waals surface area contributed by atoms with Crippen LogP contribution in [0.1, 0.15) is 61.2 Å². The van der Waals surface area contributed by atoms with Gasteiger partial charge in [0.1, 0.15) is 18.1 Å². The second-order valence-electron chi connectivity index (χ2n) is 8.45. The van der Waals surface area contributed by atoms with Gasteiger partial charge in [-0.15, -0.1) is 0 Å². The highest BCUT2D eigenvalue weighted by Gasteiger charge is 2.18. The number of hydrogen-bond donors (Lipinski definition) is 0. The molecule has 0 aliphatic heterocycles. The molecule has 3 nitrogen and oxygen atoms in total. The lowest BCUT2D eigenvalue weighted by Gasteiger charge is -2.20. The Bertz CT molecular complexity index is 1030. The maximum Gasteiger partial charge on any atom is 0.130 e. The minimum atomic E-state index is 0.0705. The number of hydrogen-bond acceptors (Lipinski definition) is 3. The van der Waals surface area contributed by atoms with Gasteiger partial charge in [0.25, 0.3) is 0 Å². The molecular formula is C28H35NO2. The molecule has 0 radical (unpaired) electrons. The highest BCUT2D eigenvalue weighted by Crippen LogP contribution is 2.34. The molecule has 1 aromatic heterocycles. The van der Waals surface area contributed by atoms with Gasteiger partial charge in [0.15, 0.2) is 0 Å². The molecule has 0 aliphatic carbocycles. The molecule has 164 valence electrons. The maximum atomic E-state index is 6.26. The van der Waals surface area contributed by atoms with Gasteiger partial charge in [0, 0.05) is 17.3 Å². The van der Waals surface area contributed by atoms with E-state index in [1.165, 1.54) is 22.3 Å². The van der Waals surface area contributed by atoms with E-state index >= 15 is 0 Å². The van der Waals surface area contributed by atoms with E-state index in [-0.39, 0.29) is 6.10 Å². The van der Waals surface area contributed by atoms with Gasteiger partial charge in [-0.05, 0) is 75.8 Å². The molecule has 0 saturated carbocycles. The SMILES string of the molecule is CCc1cccc(CC)c1-c1cc(OC(C)C)c(COc2cc(C)ccc2C)c(C)n1. The molecule has 3 aromatic rings. The molecule has 0 fully saturated rings. The van der Waals surface area contributed by atoms with Crippen LogP contribution in [0.15, 0.2) is 42.5 Å². The van der Waals surface area contributed by atoms with Crippen LogP contribution in [-0.2, 0) is 19.4 Å². The summed E-state index contributed by atoms with van der Waals surface area (Å²) < 4.78 is 12.5. The molecule has 0 saturated heterocycles. The minimum absolute atomic E-state index is 0.0705. The summed E-state index contributed by atoms with van der Waals surface area (Å²) in [5, 5.41) is 0. The van der Waals surface area contributed by atoms with E-state index in [0.29, 0.717) is 6.61 Å². The number of rotatable bonds is 8. The average Bonchev–Trinajstić information content (AvgIpc) is 2.74. The molecule has 3 heteroatoms. The van der Waals surface area contributed by atoms with E-state index in [1.807, 2.05) is 0 Å². The van der Waals surface area contributed by atoms with Crippen molar-refractivity contribution in [2.24, 2.45) is 0 Å². The Morgan fingerprint density at radius 2 is 1.55 bits per heavy atom. The Balaban J connectivity index is 2.05. The highest BCUT2D eigenvalue weighted by molar-refractivity contribution is 5.70. The molecule has 0 amide bonds. The fourth-order valence-corrected chi connectivity index (χ4v) is 3.92. The van der Waals surface area contributed by atoms with Gasteiger partial charge < -0.3 is 9.47 Å². The monoisotopic (exact) mass is 417 g/mol. The van der Waals surface area contributed by atoms with Crippen LogP contribution in [0, 0.1) is 20.8 Å². The lowest BCUT2D eigenvalue weighted by molar-refractivity contribution is 0.229. The van der Waals surface area contributed by atoms with Crippen molar-refractivity contribution in [3.63, 3.8) is 0 Å². The van der Waals surface area contributed by atoms with Crippen molar-refractivity contribution in [1.82, 2.24) is 4.98 Å². The van der Waals surface area contributed by atoms with Crippen LogP contribution in [0.5, 0.6) is 11.5 Å². The molecule has 3 rings (SSSR count). The van der Waals surface area contributed by atoms with Gasteiger partial charge in [-0.2, -0.15) is 0 Å². The summed E-state index contributed by atoms with van der Waals surface area (Å²) in [4.78, 5) is 5.02. The zero-order chi connectivity index (χ0) is 22.5. The van der Waals surface area contributed by atoms with Gasteiger partial charge in [-0.1, -0.05) is 44.2 Å². The molecule has 0 unspecified atom stereocenters. The Hall–Kier alpha value is -2.81. The van der Waals surface area contributed by atoms with Crippen LogP contribution in [0.4, 0.5) is 0 Å². The second-order valence-corrected chi connectivity index (χ2v) is 8.45. The van der Waals surface area contributed by atoms with Crippen molar-refractivity contribution in [2.75, 3.05) is 0 Å². The first kappa shape index (κ1) is 22.9. The van der Waals surface area contributed by atoms with E-state index in [9.17, 15) is 0 Å². The predicted molar refractivity (Wildman–Crippen MR) is 129 cm³/mol. The third kappa shape index (κ3) is 5.28. The number of pyridine rings is 1. The van der Waals surface area contributed by atoms with E-state index in [0.717, 1.165) is 46.9 Å². The number of benzene rings is 2. The van der Waals surface area contributed by atoms with Crippen molar-refractivity contribution in [3.05, 3.63) is 76.0 Å². The van der Waals surface area contributed by atoms with Crippen LogP contribution >= 0.6 is 0 Å². The summed E-state index contributed by atoms with van der Waals surface area (Å²) in [6, 6.07) is 14.9. The number of ether oxygens (including phenoxy) is 2. The number of aryl methyl sites for hydroxylation is 5. The minimum Gasteiger partial charge on any atom is -0.490 e. The van der Waals surface area contributed by atoms with E-state index in [4.69, 9.17) is 14.5 Å². The lowest BCUT2D eigenvalue weighted by Crippen LogP contribution is -2.12. The molecule has 31 heavy (non-hydrogen) atoms.